The third-order valence-corrected chi connectivity index (χ3v) is 1.45. The van der Waals surface area contributed by atoms with Crippen molar-refractivity contribution in [3.63, 3.8) is 0 Å². The molecule has 0 fully saturated rings. The molecule has 1 aromatic carbocycles. The third kappa shape index (κ3) is 5.17. The minimum absolute atomic E-state index is 0. The van der Waals surface area contributed by atoms with Crippen LogP contribution in [0.3, 0.4) is 0 Å². The fourth-order valence-corrected chi connectivity index (χ4v) is 0.843. The van der Waals surface area contributed by atoms with Gasteiger partial charge in [0.05, 0.1) is 0 Å². The van der Waals surface area contributed by atoms with Crippen LogP contribution in [0.4, 0.5) is 0 Å². The second kappa shape index (κ2) is 6.92. The molecule has 12 heavy (non-hydrogen) atoms. The SMILES string of the molecule is S=C(S)OCc1ccccc1.[NaH]. The summed E-state index contributed by atoms with van der Waals surface area (Å²) < 4.78 is 5.31. The van der Waals surface area contributed by atoms with Crippen LogP contribution in [0.5, 0.6) is 0 Å². The molecular weight excluding hydrogens is 199 g/mol. The zero-order valence-electron chi connectivity index (χ0n) is 5.86. The van der Waals surface area contributed by atoms with Crippen LogP contribution in [0.25, 0.3) is 0 Å². The second-order valence-corrected chi connectivity index (χ2v) is 3.12. The van der Waals surface area contributed by atoms with Crippen LogP contribution in [-0.2, 0) is 11.3 Å². The van der Waals surface area contributed by atoms with E-state index in [-0.39, 0.29) is 33.9 Å². The van der Waals surface area contributed by atoms with E-state index in [1.165, 1.54) is 0 Å². The summed E-state index contributed by atoms with van der Waals surface area (Å²) in [7, 11) is 0. The zero-order chi connectivity index (χ0) is 8.10. The van der Waals surface area contributed by atoms with Crippen LogP contribution in [0, 0.1) is 0 Å². The summed E-state index contributed by atoms with van der Waals surface area (Å²) in [6.07, 6.45) is 0. The van der Waals surface area contributed by atoms with Crippen molar-refractivity contribution >= 4 is 58.8 Å². The van der Waals surface area contributed by atoms with Crippen LogP contribution in [0.1, 0.15) is 5.56 Å². The predicted molar refractivity (Wildman–Crippen MR) is 60.0 cm³/mol. The fraction of sp³-hybridized carbons (Fsp3) is 0.125. The molecule has 0 amide bonds. The van der Waals surface area contributed by atoms with Gasteiger partial charge in [0.25, 0.3) is 0 Å². The molecule has 1 rings (SSSR count). The Bertz CT molecular complexity index is 238. The molecule has 0 spiro atoms. The minimum atomic E-state index is 0. The van der Waals surface area contributed by atoms with E-state index in [2.05, 4.69) is 24.8 Å². The van der Waals surface area contributed by atoms with Gasteiger partial charge < -0.3 is 4.74 Å². The van der Waals surface area contributed by atoms with Crippen molar-refractivity contribution < 1.29 is 4.74 Å². The van der Waals surface area contributed by atoms with Crippen molar-refractivity contribution in [2.24, 2.45) is 0 Å². The van der Waals surface area contributed by atoms with Gasteiger partial charge in [-0.15, -0.1) is 0 Å². The van der Waals surface area contributed by atoms with E-state index < -0.39 is 0 Å². The van der Waals surface area contributed by atoms with Crippen molar-refractivity contribution in [3.05, 3.63) is 35.9 Å². The van der Waals surface area contributed by atoms with Crippen molar-refractivity contribution in [2.45, 2.75) is 6.61 Å². The molecule has 0 saturated carbocycles. The molecule has 0 heterocycles. The molecule has 0 aliphatic rings. The number of rotatable bonds is 2. The number of ether oxygens (including phenoxy) is 1. The Morgan fingerprint density at radius 3 is 2.42 bits per heavy atom. The quantitative estimate of drug-likeness (QED) is 0.450. The Hall–Kier alpha value is 0.460. The molecule has 1 aromatic rings. The van der Waals surface area contributed by atoms with Gasteiger partial charge in [0, 0.05) is 0 Å². The second-order valence-electron chi connectivity index (χ2n) is 2.04. The van der Waals surface area contributed by atoms with Crippen LogP contribution in [0.2, 0.25) is 0 Å². The monoisotopic (exact) mass is 208 g/mol. The first-order valence-corrected chi connectivity index (χ1v) is 4.04. The first-order chi connectivity index (χ1) is 5.29. The van der Waals surface area contributed by atoms with E-state index in [0.29, 0.717) is 6.61 Å². The van der Waals surface area contributed by atoms with Crippen LogP contribution >= 0.6 is 24.8 Å². The summed E-state index contributed by atoms with van der Waals surface area (Å²) in [6.45, 7) is 0.503. The third-order valence-electron chi connectivity index (χ3n) is 1.21. The van der Waals surface area contributed by atoms with Gasteiger partial charge in [-0.05, 0) is 17.8 Å². The Morgan fingerprint density at radius 1 is 1.33 bits per heavy atom. The van der Waals surface area contributed by atoms with Crippen LogP contribution < -0.4 is 0 Å². The zero-order valence-corrected chi connectivity index (χ0v) is 7.57. The van der Waals surface area contributed by atoms with Gasteiger partial charge in [-0.25, -0.2) is 0 Å². The van der Waals surface area contributed by atoms with Gasteiger partial charge in [-0.2, -0.15) is 0 Å². The Kier molecular flexibility index (Phi) is 7.19. The van der Waals surface area contributed by atoms with E-state index in [1.54, 1.807) is 0 Å². The molecule has 0 radical (unpaired) electrons. The first-order valence-electron chi connectivity index (χ1n) is 3.18. The molecule has 0 saturated heterocycles. The van der Waals surface area contributed by atoms with Crippen molar-refractivity contribution in [3.8, 4) is 0 Å². The predicted octanol–water partition coefficient (Wildman–Crippen LogP) is 1.77. The molecular formula is C8H9NaOS2. The molecule has 0 N–H and O–H groups in total. The summed E-state index contributed by atoms with van der Waals surface area (Å²) in [6, 6.07) is 9.83. The van der Waals surface area contributed by atoms with Crippen molar-refractivity contribution in [1.29, 1.82) is 0 Å². The number of benzene rings is 1. The first kappa shape index (κ1) is 12.5. The van der Waals surface area contributed by atoms with Gasteiger partial charge >= 0.3 is 29.6 Å². The Balaban J connectivity index is 0.00000121. The molecule has 1 nitrogen and oxygen atoms in total. The number of hydrogen-bond donors (Lipinski definition) is 1. The standard InChI is InChI=1S/C8H8OS2.Na.H/c10-8(11)9-6-7-4-2-1-3-5-7;;/h1-5H,6H2,(H,10,11);;. The van der Waals surface area contributed by atoms with Gasteiger partial charge in [-0.3, -0.25) is 0 Å². The molecule has 0 bridgehead atoms. The molecule has 0 aromatic heterocycles. The normalized spacial score (nSPS) is 8.42. The maximum absolute atomic E-state index is 5.02. The molecule has 0 unspecified atom stereocenters. The number of thiol groups is 1. The van der Waals surface area contributed by atoms with E-state index in [0.717, 1.165) is 5.56 Å². The van der Waals surface area contributed by atoms with E-state index in [9.17, 15) is 0 Å². The summed E-state index contributed by atoms with van der Waals surface area (Å²) in [5.41, 5.74) is 1.10. The fourth-order valence-electron chi connectivity index (χ4n) is 0.719. The molecule has 0 aliphatic heterocycles. The van der Waals surface area contributed by atoms with E-state index >= 15 is 0 Å². The van der Waals surface area contributed by atoms with Gasteiger partial charge in [0.2, 0.25) is 4.38 Å². The van der Waals surface area contributed by atoms with Crippen molar-refractivity contribution in [2.75, 3.05) is 0 Å². The van der Waals surface area contributed by atoms with Gasteiger partial charge in [0.1, 0.15) is 6.61 Å². The van der Waals surface area contributed by atoms with E-state index in [4.69, 9.17) is 4.74 Å². The van der Waals surface area contributed by atoms with Crippen molar-refractivity contribution in [1.82, 2.24) is 0 Å². The molecule has 0 atom stereocenters. The van der Waals surface area contributed by atoms with E-state index in [1.807, 2.05) is 30.3 Å². The summed E-state index contributed by atoms with van der Waals surface area (Å²) >= 11 is 8.47. The Morgan fingerprint density at radius 2 is 1.92 bits per heavy atom. The van der Waals surface area contributed by atoms with Crippen LogP contribution in [-0.4, -0.2) is 33.9 Å². The molecule has 0 aliphatic carbocycles. The Labute approximate surface area is 105 Å². The summed E-state index contributed by atoms with van der Waals surface area (Å²) in [5.74, 6) is 0. The summed E-state index contributed by atoms with van der Waals surface area (Å²) in [5, 5.41) is 0. The number of thiocarbonyl (C=S) groups is 1. The average Bonchev–Trinajstić information content (AvgIpc) is 2.03. The van der Waals surface area contributed by atoms with Gasteiger partial charge in [-0.1, -0.05) is 43.0 Å². The molecule has 4 heteroatoms. The van der Waals surface area contributed by atoms with Crippen LogP contribution in [0.15, 0.2) is 30.3 Å². The topological polar surface area (TPSA) is 9.23 Å². The average molecular weight is 208 g/mol. The van der Waals surface area contributed by atoms with Gasteiger partial charge in [0.15, 0.2) is 0 Å². The maximum atomic E-state index is 5.02. The number of hydrogen-bond acceptors (Lipinski definition) is 2. The summed E-state index contributed by atoms with van der Waals surface area (Å²) in [4.78, 5) is 0. The molecule has 60 valence electrons.